The van der Waals surface area contributed by atoms with E-state index in [-0.39, 0.29) is 0 Å². The van der Waals surface area contributed by atoms with Crippen LogP contribution in [0.5, 0.6) is 5.75 Å². The van der Waals surface area contributed by atoms with Crippen molar-refractivity contribution in [2.75, 3.05) is 7.11 Å². The largest absolute Gasteiger partial charge is 0.497 e. The van der Waals surface area contributed by atoms with Gasteiger partial charge in [0.2, 0.25) is 0 Å². The first-order chi connectivity index (χ1) is 11.7. The van der Waals surface area contributed by atoms with Crippen molar-refractivity contribution in [3.63, 3.8) is 0 Å². The summed E-state index contributed by atoms with van der Waals surface area (Å²) in [5.41, 5.74) is 7.34. The first kappa shape index (κ1) is 16.1. The fourth-order valence-electron chi connectivity index (χ4n) is 2.67. The van der Waals surface area contributed by atoms with Crippen LogP contribution in [0.4, 0.5) is 0 Å². The fourth-order valence-corrected chi connectivity index (χ4v) is 2.67. The average Bonchev–Trinajstić information content (AvgIpc) is 2.62. The van der Waals surface area contributed by atoms with Crippen molar-refractivity contribution < 1.29 is 4.74 Å². The summed E-state index contributed by atoms with van der Waals surface area (Å²) < 4.78 is 5.28. The van der Waals surface area contributed by atoms with E-state index >= 15 is 0 Å². The Morgan fingerprint density at radius 1 is 0.667 bits per heavy atom. The van der Waals surface area contributed by atoms with E-state index in [4.69, 9.17) is 4.74 Å². The SMILES string of the molecule is COc1ccc(/C(=C/c2ccc(C)cc2)c2ccc(C)cc2)cc1. The summed E-state index contributed by atoms with van der Waals surface area (Å²) in [5, 5.41) is 0. The highest BCUT2D eigenvalue weighted by Crippen LogP contribution is 2.28. The minimum absolute atomic E-state index is 0.873. The molecule has 0 aliphatic carbocycles. The molecule has 120 valence electrons. The Bertz CT molecular complexity index is 823. The molecule has 24 heavy (non-hydrogen) atoms. The molecule has 0 saturated heterocycles. The third kappa shape index (κ3) is 3.75. The number of ether oxygens (including phenoxy) is 1. The van der Waals surface area contributed by atoms with E-state index in [1.54, 1.807) is 7.11 Å². The standard InChI is InChI=1S/C23H22O/c1-17-4-8-19(9-5-17)16-23(20-10-6-18(2)7-11-20)21-12-14-22(24-3)15-13-21/h4-16H,1-3H3/b23-16+. The van der Waals surface area contributed by atoms with Crippen molar-refractivity contribution in [3.8, 4) is 5.75 Å². The number of hydrogen-bond acceptors (Lipinski definition) is 1. The van der Waals surface area contributed by atoms with E-state index in [0.717, 1.165) is 5.75 Å². The molecule has 3 aromatic rings. The van der Waals surface area contributed by atoms with Gasteiger partial charge >= 0.3 is 0 Å². The zero-order valence-electron chi connectivity index (χ0n) is 14.4. The van der Waals surface area contributed by atoms with E-state index in [1.807, 2.05) is 12.1 Å². The summed E-state index contributed by atoms with van der Waals surface area (Å²) in [6.45, 7) is 4.22. The maximum atomic E-state index is 5.28. The molecule has 0 aliphatic rings. The van der Waals surface area contributed by atoms with Crippen molar-refractivity contribution in [3.05, 3.63) is 101 Å². The Labute approximate surface area is 144 Å². The topological polar surface area (TPSA) is 9.23 Å². The summed E-state index contributed by atoms with van der Waals surface area (Å²) >= 11 is 0. The molecule has 3 rings (SSSR count). The first-order valence-corrected chi connectivity index (χ1v) is 8.15. The number of benzene rings is 3. The second-order valence-corrected chi connectivity index (χ2v) is 6.06. The molecule has 0 bridgehead atoms. The zero-order chi connectivity index (χ0) is 16.9. The molecule has 0 atom stereocenters. The van der Waals surface area contributed by atoms with Crippen LogP contribution >= 0.6 is 0 Å². The molecule has 0 saturated carbocycles. The molecule has 0 amide bonds. The van der Waals surface area contributed by atoms with E-state index in [0.29, 0.717) is 0 Å². The third-order valence-corrected chi connectivity index (χ3v) is 4.15. The van der Waals surface area contributed by atoms with Crippen molar-refractivity contribution in [2.24, 2.45) is 0 Å². The van der Waals surface area contributed by atoms with Crippen LogP contribution in [-0.2, 0) is 0 Å². The second kappa shape index (κ2) is 7.18. The molecule has 0 N–H and O–H groups in total. The third-order valence-electron chi connectivity index (χ3n) is 4.15. The summed E-state index contributed by atoms with van der Waals surface area (Å²) in [5.74, 6) is 0.873. The molecule has 1 heteroatoms. The van der Waals surface area contributed by atoms with Crippen LogP contribution in [0.3, 0.4) is 0 Å². The molecular weight excluding hydrogens is 292 g/mol. The maximum Gasteiger partial charge on any atom is 0.118 e. The smallest absolute Gasteiger partial charge is 0.118 e. The van der Waals surface area contributed by atoms with Gasteiger partial charge in [-0.2, -0.15) is 0 Å². The maximum absolute atomic E-state index is 5.28. The van der Waals surface area contributed by atoms with Gasteiger partial charge in [0.05, 0.1) is 7.11 Å². The van der Waals surface area contributed by atoms with Crippen LogP contribution in [-0.4, -0.2) is 7.11 Å². The van der Waals surface area contributed by atoms with Gasteiger partial charge in [-0.1, -0.05) is 71.8 Å². The number of aryl methyl sites for hydroxylation is 2. The number of methoxy groups -OCH3 is 1. The Morgan fingerprint density at radius 2 is 1.12 bits per heavy atom. The molecule has 0 heterocycles. The van der Waals surface area contributed by atoms with Gasteiger partial charge in [-0.3, -0.25) is 0 Å². The van der Waals surface area contributed by atoms with Crippen LogP contribution in [0.1, 0.15) is 27.8 Å². The van der Waals surface area contributed by atoms with Crippen molar-refractivity contribution >= 4 is 11.6 Å². The van der Waals surface area contributed by atoms with Crippen molar-refractivity contribution in [1.82, 2.24) is 0 Å². The molecule has 0 aliphatic heterocycles. The quantitative estimate of drug-likeness (QED) is 0.545. The minimum atomic E-state index is 0.873. The molecular formula is C23H22O. The van der Waals surface area contributed by atoms with E-state index in [2.05, 4.69) is 80.6 Å². The Balaban J connectivity index is 2.08. The number of rotatable bonds is 4. The Morgan fingerprint density at radius 3 is 1.62 bits per heavy atom. The van der Waals surface area contributed by atoms with Crippen molar-refractivity contribution in [1.29, 1.82) is 0 Å². The molecule has 0 radical (unpaired) electrons. The average molecular weight is 314 g/mol. The summed E-state index contributed by atoms with van der Waals surface area (Å²) in [4.78, 5) is 0. The normalized spacial score (nSPS) is 11.4. The lowest BCUT2D eigenvalue weighted by atomic mass is 9.95. The predicted molar refractivity (Wildman–Crippen MR) is 102 cm³/mol. The van der Waals surface area contributed by atoms with Crippen LogP contribution in [0.15, 0.2) is 72.8 Å². The van der Waals surface area contributed by atoms with Gasteiger partial charge in [0.25, 0.3) is 0 Å². The van der Waals surface area contributed by atoms with E-state index in [9.17, 15) is 0 Å². The van der Waals surface area contributed by atoms with Gasteiger partial charge in [0.1, 0.15) is 5.75 Å². The zero-order valence-corrected chi connectivity index (χ0v) is 14.4. The van der Waals surface area contributed by atoms with Crippen LogP contribution in [0.25, 0.3) is 11.6 Å². The van der Waals surface area contributed by atoms with Gasteiger partial charge in [0, 0.05) is 0 Å². The van der Waals surface area contributed by atoms with Gasteiger partial charge in [-0.25, -0.2) is 0 Å². The lowest BCUT2D eigenvalue weighted by molar-refractivity contribution is 0.415. The lowest BCUT2D eigenvalue weighted by Crippen LogP contribution is -1.90. The fraction of sp³-hybridized carbons (Fsp3) is 0.130. The van der Waals surface area contributed by atoms with Crippen molar-refractivity contribution in [2.45, 2.75) is 13.8 Å². The Kier molecular flexibility index (Phi) is 4.81. The van der Waals surface area contributed by atoms with Gasteiger partial charge in [-0.15, -0.1) is 0 Å². The van der Waals surface area contributed by atoms with Crippen LogP contribution in [0, 0.1) is 13.8 Å². The first-order valence-electron chi connectivity index (χ1n) is 8.15. The highest BCUT2D eigenvalue weighted by Gasteiger charge is 2.06. The second-order valence-electron chi connectivity index (χ2n) is 6.06. The summed E-state index contributed by atoms with van der Waals surface area (Å²) in [7, 11) is 1.69. The van der Waals surface area contributed by atoms with E-state index < -0.39 is 0 Å². The molecule has 0 unspecified atom stereocenters. The highest BCUT2D eigenvalue weighted by atomic mass is 16.5. The molecule has 0 aromatic heterocycles. The van der Waals surface area contributed by atoms with E-state index in [1.165, 1.54) is 33.4 Å². The Hall–Kier alpha value is -2.80. The van der Waals surface area contributed by atoms with Gasteiger partial charge in [0.15, 0.2) is 0 Å². The molecule has 3 aromatic carbocycles. The monoisotopic (exact) mass is 314 g/mol. The molecule has 1 nitrogen and oxygen atoms in total. The molecule has 0 spiro atoms. The number of hydrogen-bond donors (Lipinski definition) is 0. The van der Waals surface area contributed by atoms with Crippen LogP contribution in [0.2, 0.25) is 0 Å². The summed E-state index contributed by atoms with van der Waals surface area (Å²) in [6.07, 6.45) is 2.24. The van der Waals surface area contributed by atoms with Gasteiger partial charge < -0.3 is 4.74 Å². The lowest BCUT2D eigenvalue weighted by Gasteiger charge is -2.11. The minimum Gasteiger partial charge on any atom is -0.497 e. The van der Waals surface area contributed by atoms with Crippen LogP contribution < -0.4 is 4.74 Å². The summed E-state index contributed by atoms with van der Waals surface area (Å²) in [6, 6.07) is 25.5. The van der Waals surface area contributed by atoms with Gasteiger partial charge in [-0.05, 0) is 54.3 Å². The molecule has 0 fully saturated rings. The highest BCUT2D eigenvalue weighted by molar-refractivity contribution is 5.91. The predicted octanol–water partition coefficient (Wildman–Crippen LogP) is 5.90.